The second kappa shape index (κ2) is 9.00. The van der Waals surface area contributed by atoms with Crippen molar-refractivity contribution in [1.29, 1.82) is 0 Å². The maximum atomic E-state index is 13.3. The molecule has 0 aromatic heterocycles. The summed E-state index contributed by atoms with van der Waals surface area (Å²) >= 11 is 0. The minimum atomic E-state index is -0.957. The summed E-state index contributed by atoms with van der Waals surface area (Å²) < 4.78 is 19.2. The minimum Gasteiger partial charge on any atom is -0.489 e. The van der Waals surface area contributed by atoms with Crippen LogP contribution in [0.3, 0.4) is 0 Å². The molecule has 0 aliphatic carbocycles. The highest BCUT2D eigenvalue weighted by Crippen LogP contribution is 2.46. The van der Waals surface area contributed by atoms with Crippen molar-refractivity contribution >= 4 is 11.9 Å². The summed E-state index contributed by atoms with van der Waals surface area (Å²) in [6.45, 7) is 0.577. The Morgan fingerprint density at radius 2 is 1.58 bits per heavy atom. The molecular weight excluding hydrogens is 397 g/mol. The molecule has 158 valence electrons. The molecule has 2 atom stereocenters. The number of hydrogen-bond acceptors (Lipinski definition) is 3. The molecule has 4 rings (SSSR count). The molecule has 1 aliphatic heterocycles. The maximum Gasteiger partial charge on any atom is 0.305 e. The quantitative estimate of drug-likeness (QED) is 0.544. The van der Waals surface area contributed by atoms with Crippen molar-refractivity contribution in [3.63, 3.8) is 0 Å². The van der Waals surface area contributed by atoms with Crippen LogP contribution in [0, 0.1) is 5.82 Å². The average molecular weight is 419 g/mol. The van der Waals surface area contributed by atoms with Crippen LogP contribution in [-0.4, -0.2) is 28.4 Å². The van der Waals surface area contributed by atoms with E-state index in [1.54, 1.807) is 17.0 Å². The molecule has 3 aromatic rings. The van der Waals surface area contributed by atoms with E-state index in [1.807, 2.05) is 54.6 Å². The van der Waals surface area contributed by atoms with Crippen LogP contribution >= 0.6 is 0 Å². The fraction of sp³-hybridized carbons (Fsp3) is 0.200. The lowest BCUT2D eigenvalue weighted by molar-refractivity contribution is -0.151. The minimum absolute atomic E-state index is 0.128. The summed E-state index contributed by atoms with van der Waals surface area (Å²) in [4.78, 5) is 25.4. The number of amides is 1. The number of carboxylic acid groups (broad SMARTS) is 1. The molecule has 31 heavy (non-hydrogen) atoms. The van der Waals surface area contributed by atoms with Crippen molar-refractivity contribution in [2.45, 2.75) is 25.0 Å². The third kappa shape index (κ3) is 4.58. The number of nitrogens with zero attached hydrogens (tertiary/aromatic N) is 1. The van der Waals surface area contributed by atoms with Gasteiger partial charge in [0.15, 0.2) is 0 Å². The van der Waals surface area contributed by atoms with Gasteiger partial charge in [-0.15, -0.1) is 0 Å². The molecule has 3 aromatic carbocycles. The molecule has 1 aliphatic rings. The van der Waals surface area contributed by atoms with E-state index in [9.17, 15) is 14.0 Å². The fourth-order valence-electron chi connectivity index (χ4n) is 3.88. The van der Waals surface area contributed by atoms with Gasteiger partial charge in [-0.25, -0.2) is 4.39 Å². The number of β-lactam (4-membered cyclic amide) rings is 1. The zero-order valence-electron chi connectivity index (χ0n) is 16.8. The monoisotopic (exact) mass is 419 g/mol. The van der Waals surface area contributed by atoms with E-state index >= 15 is 0 Å². The van der Waals surface area contributed by atoms with Crippen LogP contribution in [0.4, 0.5) is 4.39 Å². The summed E-state index contributed by atoms with van der Waals surface area (Å²) in [5.74, 6) is -1.24. The molecule has 0 radical (unpaired) electrons. The lowest BCUT2D eigenvalue weighted by Crippen LogP contribution is -2.53. The molecule has 1 saturated heterocycles. The first-order valence-electron chi connectivity index (χ1n) is 10.1. The molecule has 1 N–H and O–H groups in total. The van der Waals surface area contributed by atoms with Gasteiger partial charge in [-0.05, 0) is 41.0 Å². The maximum absolute atomic E-state index is 13.3. The topological polar surface area (TPSA) is 66.8 Å². The van der Waals surface area contributed by atoms with Gasteiger partial charge in [0, 0.05) is 6.54 Å². The number of carbonyl (C=O) groups excluding carboxylic acids is 1. The van der Waals surface area contributed by atoms with Gasteiger partial charge in [0.05, 0.1) is 18.4 Å². The number of halogens is 1. The van der Waals surface area contributed by atoms with Gasteiger partial charge >= 0.3 is 5.97 Å². The van der Waals surface area contributed by atoms with Crippen molar-refractivity contribution < 1.29 is 23.8 Å². The van der Waals surface area contributed by atoms with E-state index in [0.29, 0.717) is 17.9 Å². The van der Waals surface area contributed by atoms with Gasteiger partial charge in [0.2, 0.25) is 5.91 Å². The molecule has 5 nitrogen and oxygen atoms in total. The normalized spacial score (nSPS) is 17.8. The number of ether oxygens (including phenoxy) is 1. The van der Waals surface area contributed by atoms with Crippen LogP contribution in [0.25, 0.3) is 0 Å². The second-order valence-electron chi connectivity index (χ2n) is 7.49. The van der Waals surface area contributed by atoms with E-state index in [1.165, 1.54) is 12.1 Å². The lowest BCUT2D eigenvalue weighted by Gasteiger charge is -2.47. The Morgan fingerprint density at radius 3 is 2.23 bits per heavy atom. The summed E-state index contributed by atoms with van der Waals surface area (Å²) in [7, 11) is 0. The van der Waals surface area contributed by atoms with Gasteiger partial charge in [-0.1, -0.05) is 54.6 Å². The van der Waals surface area contributed by atoms with Crippen molar-refractivity contribution in [2.24, 2.45) is 0 Å². The Bertz CT molecular complexity index is 1050. The van der Waals surface area contributed by atoms with Crippen LogP contribution in [0.1, 0.15) is 35.1 Å². The second-order valence-corrected chi connectivity index (χ2v) is 7.49. The van der Waals surface area contributed by atoms with Crippen molar-refractivity contribution in [3.8, 4) is 5.75 Å². The lowest BCUT2D eigenvalue weighted by atomic mass is 9.77. The Hall–Kier alpha value is -3.67. The van der Waals surface area contributed by atoms with Crippen molar-refractivity contribution in [3.05, 3.63) is 101 Å². The number of aliphatic carboxylic acids is 1. The highest BCUT2D eigenvalue weighted by atomic mass is 19.1. The van der Waals surface area contributed by atoms with E-state index in [-0.39, 0.29) is 30.7 Å². The predicted octanol–water partition coefficient (Wildman–Crippen LogP) is 4.55. The van der Waals surface area contributed by atoms with E-state index in [2.05, 4.69) is 0 Å². The molecule has 1 heterocycles. The molecule has 6 heteroatoms. The number of benzene rings is 3. The first kappa shape index (κ1) is 20.6. The highest BCUT2D eigenvalue weighted by molar-refractivity contribution is 5.92. The van der Waals surface area contributed by atoms with Crippen LogP contribution in [0.15, 0.2) is 78.9 Å². The third-order valence-electron chi connectivity index (χ3n) is 5.47. The number of hydrogen-bond donors (Lipinski definition) is 1. The predicted molar refractivity (Wildman–Crippen MR) is 113 cm³/mol. The Morgan fingerprint density at radius 1 is 0.935 bits per heavy atom. The number of likely N-dealkylation sites (tertiary alicyclic amines) is 1. The standard InChI is InChI=1S/C25H22FNO4/c26-20-10-6-18(7-11-20)23-24(27(25(23)30)15-14-22(28)29)19-8-12-21(13-9-19)31-16-17-4-2-1-3-5-17/h1-13,23-24H,14-16H2,(H,28,29). The first-order chi connectivity index (χ1) is 15.0. The van der Waals surface area contributed by atoms with Gasteiger partial charge in [-0.3, -0.25) is 9.59 Å². The molecule has 0 saturated carbocycles. The zero-order valence-corrected chi connectivity index (χ0v) is 16.8. The first-order valence-corrected chi connectivity index (χ1v) is 10.1. The number of carbonyl (C=O) groups is 2. The molecule has 1 amide bonds. The molecule has 0 spiro atoms. The van der Waals surface area contributed by atoms with Crippen LogP contribution < -0.4 is 4.74 Å². The van der Waals surface area contributed by atoms with Crippen molar-refractivity contribution in [2.75, 3.05) is 6.54 Å². The van der Waals surface area contributed by atoms with Gasteiger partial charge in [0.25, 0.3) is 0 Å². The van der Waals surface area contributed by atoms with Crippen LogP contribution in [0.2, 0.25) is 0 Å². The smallest absolute Gasteiger partial charge is 0.305 e. The summed E-state index contributed by atoms with van der Waals surface area (Å²) in [6, 6.07) is 22.9. The largest absolute Gasteiger partial charge is 0.489 e. The fourth-order valence-corrected chi connectivity index (χ4v) is 3.88. The van der Waals surface area contributed by atoms with Crippen LogP contribution in [-0.2, 0) is 16.2 Å². The summed E-state index contributed by atoms with van der Waals surface area (Å²) in [5, 5.41) is 9.03. The Labute approximate surface area is 179 Å². The molecular formula is C25H22FNO4. The summed E-state index contributed by atoms with van der Waals surface area (Å²) in [6.07, 6.45) is -0.128. The Balaban J connectivity index is 1.53. The van der Waals surface area contributed by atoms with Gasteiger partial charge < -0.3 is 14.7 Å². The highest BCUT2D eigenvalue weighted by Gasteiger charge is 2.48. The van der Waals surface area contributed by atoms with E-state index in [0.717, 1.165) is 11.1 Å². The molecule has 1 fully saturated rings. The Kier molecular flexibility index (Phi) is 5.98. The summed E-state index contributed by atoms with van der Waals surface area (Å²) in [5.41, 5.74) is 2.66. The van der Waals surface area contributed by atoms with Gasteiger partial charge in [0.1, 0.15) is 18.2 Å². The van der Waals surface area contributed by atoms with Gasteiger partial charge in [-0.2, -0.15) is 0 Å². The van der Waals surface area contributed by atoms with Crippen LogP contribution in [0.5, 0.6) is 5.75 Å². The zero-order chi connectivity index (χ0) is 21.8. The molecule has 0 bridgehead atoms. The van der Waals surface area contributed by atoms with Crippen molar-refractivity contribution in [1.82, 2.24) is 4.90 Å². The average Bonchev–Trinajstić information content (AvgIpc) is 2.78. The SMILES string of the molecule is O=C(O)CCN1C(=O)C(c2ccc(F)cc2)C1c1ccc(OCc2ccccc2)cc1. The number of carboxylic acids is 1. The third-order valence-corrected chi connectivity index (χ3v) is 5.47. The number of rotatable bonds is 8. The van der Waals surface area contributed by atoms with E-state index in [4.69, 9.17) is 9.84 Å². The van der Waals surface area contributed by atoms with E-state index < -0.39 is 11.9 Å². The molecule has 2 unspecified atom stereocenters.